The third-order valence-corrected chi connectivity index (χ3v) is 4.66. The van der Waals surface area contributed by atoms with Crippen LogP contribution in [0.2, 0.25) is 0 Å². The van der Waals surface area contributed by atoms with Gasteiger partial charge in [0.05, 0.1) is 0 Å². The predicted octanol–water partition coefficient (Wildman–Crippen LogP) is 3.92. The van der Waals surface area contributed by atoms with Gasteiger partial charge in [-0.2, -0.15) is 4.98 Å². The summed E-state index contributed by atoms with van der Waals surface area (Å²) >= 11 is 0. The zero-order chi connectivity index (χ0) is 16.8. The molecule has 0 fully saturated rings. The molecule has 25 heavy (non-hydrogen) atoms. The molecule has 124 valence electrons. The largest absolute Gasteiger partial charge is 0.358 e. The Labute approximate surface area is 143 Å². The summed E-state index contributed by atoms with van der Waals surface area (Å²) in [5.41, 5.74) is 4.12. The number of hydrogen-bond acceptors (Lipinski definition) is 4. The lowest BCUT2D eigenvalue weighted by molar-refractivity contribution is 0.428. The molecule has 1 aliphatic rings. The second-order valence-corrected chi connectivity index (χ2v) is 6.21. The van der Waals surface area contributed by atoms with E-state index in [4.69, 9.17) is 4.52 Å². The van der Waals surface area contributed by atoms with Crippen molar-refractivity contribution in [3.05, 3.63) is 65.6 Å². The number of fused-ring (bicyclic) bond motifs is 3. The molecule has 0 aliphatic carbocycles. The van der Waals surface area contributed by atoms with E-state index in [0.29, 0.717) is 18.4 Å². The first-order chi connectivity index (χ1) is 12.3. The van der Waals surface area contributed by atoms with Crippen LogP contribution in [0.4, 0.5) is 10.3 Å². The van der Waals surface area contributed by atoms with Crippen LogP contribution in [0.15, 0.2) is 53.1 Å². The van der Waals surface area contributed by atoms with E-state index in [0.717, 1.165) is 40.7 Å². The standard InChI is InChI=1S/C19H15FN4O/c20-13-6-7-16-14(10-13)15-11-24(9-8-17(15)21-16)19-22-18(25-23-19)12-4-2-1-3-5-12/h1-7,10,21H,8-9,11H2. The molecule has 5 nitrogen and oxygen atoms in total. The summed E-state index contributed by atoms with van der Waals surface area (Å²) in [4.78, 5) is 9.98. The van der Waals surface area contributed by atoms with Crippen LogP contribution in [0.3, 0.4) is 0 Å². The van der Waals surface area contributed by atoms with E-state index in [1.807, 2.05) is 30.3 Å². The van der Waals surface area contributed by atoms with Crippen LogP contribution >= 0.6 is 0 Å². The van der Waals surface area contributed by atoms with Crippen molar-refractivity contribution in [2.24, 2.45) is 0 Å². The highest BCUT2D eigenvalue weighted by Crippen LogP contribution is 2.30. The fraction of sp³-hybridized carbons (Fsp3) is 0.158. The molecule has 0 saturated carbocycles. The average Bonchev–Trinajstić information content (AvgIpc) is 3.27. The number of anilines is 1. The summed E-state index contributed by atoms with van der Waals surface area (Å²) in [6, 6.07) is 14.5. The molecular formula is C19H15FN4O. The third kappa shape index (κ3) is 2.38. The summed E-state index contributed by atoms with van der Waals surface area (Å²) in [5.74, 6) is 0.846. The van der Waals surface area contributed by atoms with Crippen molar-refractivity contribution in [2.75, 3.05) is 11.4 Å². The maximum atomic E-state index is 13.6. The lowest BCUT2D eigenvalue weighted by Crippen LogP contribution is -2.30. The van der Waals surface area contributed by atoms with E-state index < -0.39 is 0 Å². The molecule has 0 unspecified atom stereocenters. The van der Waals surface area contributed by atoms with Crippen molar-refractivity contribution in [1.82, 2.24) is 15.1 Å². The smallest absolute Gasteiger partial charge is 0.266 e. The molecule has 0 saturated heterocycles. The second kappa shape index (κ2) is 5.44. The number of halogens is 1. The summed E-state index contributed by atoms with van der Waals surface area (Å²) in [5, 5.41) is 5.05. The van der Waals surface area contributed by atoms with E-state index in [1.54, 1.807) is 12.1 Å². The zero-order valence-electron chi connectivity index (χ0n) is 13.4. The van der Waals surface area contributed by atoms with Crippen LogP contribution in [0, 0.1) is 5.82 Å². The molecule has 4 aromatic rings. The molecule has 0 radical (unpaired) electrons. The van der Waals surface area contributed by atoms with Gasteiger partial charge in [-0.25, -0.2) is 4.39 Å². The number of nitrogens with one attached hydrogen (secondary N) is 1. The van der Waals surface area contributed by atoms with Gasteiger partial charge in [-0.15, -0.1) is 0 Å². The Morgan fingerprint density at radius 1 is 1.12 bits per heavy atom. The maximum Gasteiger partial charge on any atom is 0.266 e. The summed E-state index contributed by atoms with van der Waals surface area (Å²) in [7, 11) is 0. The van der Waals surface area contributed by atoms with Gasteiger partial charge in [-0.05, 0) is 35.5 Å². The van der Waals surface area contributed by atoms with Crippen LogP contribution in [0.25, 0.3) is 22.4 Å². The predicted molar refractivity (Wildman–Crippen MR) is 92.7 cm³/mol. The zero-order valence-corrected chi connectivity index (χ0v) is 13.4. The Morgan fingerprint density at radius 2 is 2.00 bits per heavy atom. The Morgan fingerprint density at radius 3 is 2.88 bits per heavy atom. The van der Waals surface area contributed by atoms with E-state index in [1.165, 1.54) is 6.07 Å². The number of nitrogens with zero attached hydrogens (tertiary/aromatic N) is 3. The number of hydrogen-bond donors (Lipinski definition) is 1. The van der Waals surface area contributed by atoms with E-state index in [-0.39, 0.29) is 5.82 Å². The Kier molecular flexibility index (Phi) is 3.09. The maximum absolute atomic E-state index is 13.6. The molecule has 0 bridgehead atoms. The molecule has 2 aromatic carbocycles. The van der Waals surface area contributed by atoms with Gasteiger partial charge in [0.1, 0.15) is 5.82 Å². The van der Waals surface area contributed by atoms with Crippen LogP contribution in [-0.2, 0) is 13.0 Å². The van der Waals surface area contributed by atoms with Gasteiger partial charge in [0.25, 0.3) is 11.8 Å². The fourth-order valence-corrected chi connectivity index (χ4v) is 3.40. The van der Waals surface area contributed by atoms with Gasteiger partial charge in [0.2, 0.25) is 0 Å². The molecule has 0 amide bonds. The number of H-pyrrole nitrogens is 1. The van der Waals surface area contributed by atoms with E-state index >= 15 is 0 Å². The second-order valence-electron chi connectivity index (χ2n) is 6.21. The minimum atomic E-state index is -0.225. The summed E-state index contributed by atoms with van der Waals surface area (Å²) < 4.78 is 19.0. The number of aromatic amines is 1. The van der Waals surface area contributed by atoms with Gasteiger partial charge >= 0.3 is 0 Å². The molecular weight excluding hydrogens is 319 g/mol. The van der Waals surface area contributed by atoms with Crippen molar-refractivity contribution in [1.29, 1.82) is 0 Å². The Bertz CT molecular complexity index is 1050. The van der Waals surface area contributed by atoms with Crippen LogP contribution < -0.4 is 4.90 Å². The first kappa shape index (κ1) is 14.2. The van der Waals surface area contributed by atoms with Crippen molar-refractivity contribution < 1.29 is 8.91 Å². The minimum Gasteiger partial charge on any atom is -0.358 e. The average molecular weight is 334 g/mol. The Balaban J connectivity index is 1.49. The minimum absolute atomic E-state index is 0.225. The quantitative estimate of drug-likeness (QED) is 0.604. The molecule has 3 heterocycles. The molecule has 2 aromatic heterocycles. The Hall–Kier alpha value is -3.15. The number of benzene rings is 2. The van der Waals surface area contributed by atoms with Crippen molar-refractivity contribution in [3.63, 3.8) is 0 Å². The van der Waals surface area contributed by atoms with Gasteiger partial charge in [0, 0.05) is 47.2 Å². The molecule has 5 rings (SSSR count). The normalized spacial score (nSPS) is 14.0. The van der Waals surface area contributed by atoms with Crippen LogP contribution in [-0.4, -0.2) is 21.7 Å². The lowest BCUT2D eigenvalue weighted by Gasteiger charge is -2.25. The highest BCUT2D eigenvalue weighted by Gasteiger charge is 2.24. The van der Waals surface area contributed by atoms with Crippen molar-refractivity contribution in [3.8, 4) is 11.5 Å². The summed E-state index contributed by atoms with van der Waals surface area (Å²) in [6.45, 7) is 1.42. The SMILES string of the molecule is Fc1ccc2[nH]c3c(c2c1)CN(c1noc(-c2ccccc2)n1)CC3. The highest BCUT2D eigenvalue weighted by molar-refractivity contribution is 5.85. The van der Waals surface area contributed by atoms with Gasteiger partial charge < -0.3 is 14.4 Å². The third-order valence-electron chi connectivity index (χ3n) is 4.66. The topological polar surface area (TPSA) is 58.0 Å². The van der Waals surface area contributed by atoms with Gasteiger partial charge in [0.15, 0.2) is 0 Å². The highest BCUT2D eigenvalue weighted by atomic mass is 19.1. The number of aromatic nitrogens is 3. The summed E-state index contributed by atoms with van der Waals surface area (Å²) in [6.07, 6.45) is 0.834. The van der Waals surface area contributed by atoms with Crippen molar-refractivity contribution in [2.45, 2.75) is 13.0 Å². The lowest BCUT2D eigenvalue weighted by atomic mass is 10.0. The monoisotopic (exact) mass is 334 g/mol. The molecule has 1 aliphatic heterocycles. The van der Waals surface area contributed by atoms with Gasteiger partial charge in [-0.1, -0.05) is 18.2 Å². The molecule has 0 spiro atoms. The van der Waals surface area contributed by atoms with Gasteiger partial charge in [-0.3, -0.25) is 0 Å². The van der Waals surface area contributed by atoms with E-state index in [9.17, 15) is 4.39 Å². The van der Waals surface area contributed by atoms with Crippen LogP contribution in [0.1, 0.15) is 11.3 Å². The van der Waals surface area contributed by atoms with Crippen molar-refractivity contribution >= 4 is 16.9 Å². The van der Waals surface area contributed by atoms with E-state index in [2.05, 4.69) is 20.0 Å². The molecule has 1 N–H and O–H groups in total. The number of rotatable bonds is 2. The first-order valence-corrected chi connectivity index (χ1v) is 8.21. The fourth-order valence-electron chi connectivity index (χ4n) is 3.40. The first-order valence-electron chi connectivity index (χ1n) is 8.21. The molecule has 0 atom stereocenters. The van der Waals surface area contributed by atoms with Crippen LogP contribution in [0.5, 0.6) is 0 Å². The molecule has 6 heteroatoms.